The SMILES string of the molecule is O=C(O)c1ccc2c(Cl)ccc(F)c2n1. The predicted molar refractivity (Wildman–Crippen MR) is 53.7 cm³/mol. The number of carboxylic acids is 1. The molecule has 0 fully saturated rings. The largest absolute Gasteiger partial charge is 0.477 e. The zero-order valence-electron chi connectivity index (χ0n) is 7.37. The number of rotatable bonds is 1. The van der Waals surface area contributed by atoms with Crippen LogP contribution in [-0.4, -0.2) is 16.1 Å². The first kappa shape index (κ1) is 9.86. The van der Waals surface area contributed by atoms with E-state index in [1.54, 1.807) is 0 Å². The molecule has 2 rings (SSSR count). The second kappa shape index (κ2) is 3.47. The number of nitrogens with zero attached hydrogens (tertiary/aromatic N) is 1. The van der Waals surface area contributed by atoms with E-state index in [9.17, 15) is 9.18 Å². The Kier molecular flexibility index (Phi) is 2.28. The van der Waals surface area contributed by atoms with Gasteiger partial charge in [-0.3, -0.25) is 0 Å². The van der Waals surface area contributed by atoms with Gasteiger partial charge in [-0.15, -0.1) is 0 Å². The van der Waals surface area contributed by atoms with Gasteiger partial charge in [-0.1, -0.05) is 11.6 Å². The maximum atomic E-state index is 13.3. The van der Waals surface area contributed by atoms with Gasteiger partial charge < -0.3 is 5.11 Å². The Morgan fingerprint density at radius 1 is 1.33 bits per heavy atom. The van der Waals surface area contributed by atoms with Gasteiger partial charge in [0.2, 0.25) is 0 Å². The van der Waals surface area contributed by atoms with E-state index in [0.717, 1.165) is 6.07 Å². The lowest BCUT2D eigenvalue weighted by atomic mass is 10.2. The summed E-state index contributed by atoms with van der Waals surface area (Å²) in [5.74, 6) is -1.78. The number of hydrogen-bond acceptors (Lipinski definition) is 2. The van der Waals surface area contributed by atoms with Crippen molar-refractivity contribution in [2.45, 2.75) is 0 Å². The number of carboxylic acid groups (broad SMARTS) is 1. The average molecular weight is 226 g/mol. The Balaban J connectivity index is 2.81. The quantitative estimate of drug-likeness (QED) is 0.812. The average Bonchev–Trinajstić information content (AvgIpc) is 2.23. The Labute approximate surface area is 89.1 Å². The summed E-state index contributed by atoms with van der Waals surface area (Å²) in [6, 6.07) is 5.29. The molecule has 1 aromatic heterocycles. The third kappa shape index (κ3) is 1.64. The molecule has 0 aliphatic heterocycles. The molecular formula is C10H5ClFNO2. The molecule has 5 heteroatoms. The number of hydrogen-bond donors (Lipinski definition) is 1. The second-order valence-corrected chi connectivity index (χ2v) is 3.33. The smallest absolute Gasteiger partial charge is 0.354 e. The first-order chi connectivity index (χ1) is 7.09. The van der Waals surface area contributed by atoms with Crippen LogP contribution in [-0.2, 0) is 0 Å². The molecule has 1 heterocycles. The number of benzene rings is 1. The summed E-state index contributed by atoms with van der Waals surface area (Å²) < 4.78 is 13.3. The number of pyridine rings is 1. The summed E-state index contributed by atoms with van der Waals surface area (Å²) in [5, 5.41) is 9.43. The lowest BCUT2D eigenvalue weighted by Crippen LogP contribution is -2.00. The van der Waals surface area contributed by atoms with E-state index in [2.05, 4.69) is 4.98 Å². The van der Waals surface area contributed by atoms with E-state index in [4.69, 9.17) is 16.7 Å². The van der Waals surface area contributed by atoms with E-state index in [0.29, 0.717) is 10.4 Å². The molecule has 0 bridgehead atoms. The van der Waals surface area contributed by atoms with Gasteiger partial charge in [-0.05, 0) is 24.3 Å². The second-order valence-electron chi connectivity index (χ2n) is 2.93. The van der Waals surface area contributed by atoms with Crippen LogP contribution in [0.5, 0.6) is 0 Å². The molecule has 0 amide bonds. The van der Waals surface area contributed by atoms with Crippen LogP contribution in [0.1, 0.15) is 10.5 Å². The standard InChI is InChI=1S/C10H5ClFNO2/c11-6-2-3-7(12)9-5(6)1-4-8(13-9)10(14)15/h1-4H,(H,14,15). The number of aromatic nitrogens is 1. The van der Waals surface area contributed by atoms with Crippen LogP contribution < -0.4 is 0 Å². The summed E-state index contributed by atoms with van der Waals surface area (Å²) in [6.07, 6.45) is 0. The van der Waals surface area contributed by atoms with Crippen molar-refractivity contribution in [3.05, 3.63) is 40.8 Å². The molecule has 0 radical (unpaired) electrons. The lowest BCUT2D eigenvalue weighted by molar-refractivity contribution is 0.0691. The minimum Gasteiger partial charge on any atom is -0.477 e. The summed E-state index contributed by atoms with van der Waals surface area (Å²) >= 11 is 5.81. The molecular weight excluding hydrogens is 221 g/mol. The fourth-order valence-corrected chi connectivity index (χ4v) is 1.48. The van der Waals surface area contributed by atoms with Crippen LogP contribution in [0.4, 0.5) is 4.39 Å². The van der Waals surface area contributed by atoms with Gasteiger partial charge in [0.05, 0.1) is 5.02 Å². The zero-order valence-corrected chi connectivity index (χ0v) is 8.12. The van der Waals surface area contributed by atoms with E-state index < -0.39 is 11.8 Å². The molecule has 0 aliphatic rings. The van der Waals surface area contributed by atoms with Crippen molar-refractivity contribution in [3.63, 3.8) is 0 Å². The Hall–Kier alpha value is -1.68. The Morgan fingerprint density at radius 2 is 2.07 bits per heavy atom. The first-order valence-electron chi connectivity index (χ1n) is 4.07. The van der Waals surface area contributed by atoms with Crippen LogP contribution in [0.25, 0.3) is 10.9 Å². The van der Waals surface area contributed by atoms with Crippen molar-refractivity contribution in [2.24, 2.45) is 0 Å². The molecule has 15 heavy (non-hydrogen) atoms. The van der Waals surface area contributed by atoms with E-state index in [1.807, 2.05) is 0 Å². The van der Waals surface area contributed by atoms with E-state index >= 15 is 0 Å². The molecule has 0 saturated heterocycles. The molecule has 0 atom stereocenters. The molecule has 0 aliphatic carbocycles. The minimum atomic E-state index is -1.20. The summed E-state index contributed by atoms with van der Waals surface area (Å²) in [4.78, 5) is 14.3. The van der Waals surface area contributed by atoms with Crippen molar-refractivity contribution in [1.29, 1.82) is 0 Å². The molecule has 1 N–H and O–H groups in total. The molecule has 3 nitrogen and oxygen atoms in total. The maximum Gasteiger partial charge on any atom is 0.354 e. The lowest BCUT2D eigenvalue weighted by Gasteiger charge is -2.01. The molecule has 0 unspecified atom stereocenters. The van der Waals surface area contributed by atoms with Crippen molar-refractivity contribution < 1.29 is 14.3 Å². The fourth-order valence-electron chi connectivity index (χ4n) is 1.27. The number of carbonyl (C=O) groups is 1. The Bertz CT molecular complexity index is 556. The van der Waals surface area contributed by atoms with Gasteiger partial charge in [0.1, 0.15) is 17.0 Å². The van der Waals surface area contributed by atoms with Crippen LogP contribution in [0.2, 0.25) is 5.02 Å². The monoisotopic (exact) mass is 225 g/mol. The fraction of sp³-hybridized carbons (Fsp3) is 0. The molecule has 76 valence electrons. The van der Waals surface area contributed by atoms with Gasteiger partial charge in [-0.25, -0.2) is 14.2 Å². The highest BCUT2D eigenvalue weighted by Gasteiger charge is 2.10. The van der Waals surface area contributed by atoms with Crippen LogP contribution >= 0.6 is 11.6 Å². The third-order valence-corrected chi connectivity index (χ3v) is 2.30. The van der Waals surface area contributed by atoms with Crippen LogP contribution in [0.15, 0.2) is 24.3 Å². The van der Waals surface area contributed by atoms with Gasteiger partial charge in [0.25, 0.3) is 0 Å². The third-order valence-electron chi connectivity index (χ3n) is 1.97. The highest BCUT2D eigenvalue weighted by atomic mass is 35.5. The van der Waals surface area contributed by atoms with Crippen LogP contribution in [0, 0.1) is 5.82 Å². The van der Waals surface area contributed by atoms with Gasteiger partial charge in [-0.2, -0.15) is 0 Å². The molecule has 0 spiro atoms. The van der Waals surface area contributed by atoms with Crippen molar-refractivity contribution in [3.8, 4) is 0 Å². The molecule has 1 aromatic carbocycles. The van der Waals surface area contributed by atoms with Crippen molar-refractivity contribution in [2.75, 3.05) is 0 Å². The zero-order chi connectivity index (χ0) is 11.0. The topological polar surface area (TPSA) is 50.2 Å². The number of fused-ring (bicyclic) bond motifs is 1. The van der Waals surface area contributed by atoms with Gasteiger partial charge in [0, 0.05) is 5.39 Å². The summed E-state index contributed by atoms with van der Waals surface area (Å²) in [5.41, 5.74) is -0.230. The van der Waals surface area contributed by atoms with E-state index in [1.165, 1.54) is 18.2 Å². The molecule has 0 saturated carbocycles. The summed E-state index contributed by atoms with van der Waals surface area (Å²) in [6.45, 7) is 0. The van der Waals surface area contributed by atoms with Crippen LogP contribution in [0.3, 0.4) is 0 Å². The number of aromatic carboxylic acids is 1. The molecule has 2 aromatic rings. The Morgan fingerprint density at radius 3 is 2.73 bits per heavy atom. The van der Waals surface area contributed by atoms with Gasteiger partial charge >= 0.3 is 5.97 Å². The minimum absolute atomic E-state index is 0.0256. The van der Waals surface area contributed by atoms with E-state index in [-0.39, 0.29) is 11.2 Å². The highest BCUT2D eigenvalue weighted by molar-refractivity contribution is 6.35. The van der Waals surface area contributed by atoms with Crippen molar-refractivity contribution >= 4 is 28.5 Å². The summed E-state index contributed by atoms with van der Waals surface area (Å²) in [7, 11) is 0. The highest BCUT2D eigenvalue weighted by Crippen LogP contribution is 2.24. The number of halogens is 2. The predicted octanol–water partition coefficient (Wildman–Crippen LogP) is 2.73. The maximum absolute atomic E-state index is 13.3. The van der Waals surface area contributed by atoms with Crippen molar-refractivity contribution in [1.82, 2.24) is 4.98 Å². The first-order valence-corrected chi connectivity index (χ1v) is 4.45. The normalized spacial score (nSPS) is 10.5. The van der Waals surface area contributed by atoms with Gasteiger partial charge in [0.15, 0.2) is 0 Å².